The number of benzene rings is 1. The van der Waals surface area contributed by atoms with Crippen LogP contribution in [0.15, 0.2) is 18.2 Å². The Morgan fingerprint density at radius 2 is 2.10 bits per heavy atom. The first-order valence-corrected chi connectivity index (χ1v) is 7.34. The van der Waals surface area contributed by atoms with Crippen molar-refractivity contribution in [2.45, 2.75) is 33.3 Å². The van der Waals surface area contributed by atoms with Gasteiger partial charge >= 0.3 is 5.97 Å². The first kappa shape index (κ1) is 17.3. The van der Waals surface area contributed by atoms with Crippen molar-refractivity contribution in [3.05, 3.63) is 23.8 Å². The van der Waals surface area contributed by atoms with Crippen LogP contribution in [0.25, 0.3) is 0 Å². The zero-order chi connectivity index (χ0) is 15.7. The van der Waals surface area contributed by atoms with Crippen molar-refractivity contribution in [3.8, 4) is 5.75 Å². The van der Waals surface area contributed by atoms with Crippen LogP contribution >= 0.6 is 0 Å². The second kappa shape index (κ2) is 9.23. The standard InChI is InChI=1S/C16H25NO4/c1-4-17(10-6-7-16(19)21-5-2)14-11-13(12-18)8-9-15(14)20-3/h8-9,11,18H,4-7,10,12H2,1-3H3. The molecule has 0 radical (unpaired) electrons. The van der Waals surface area contributed by atoms with E-state index in [0.29, 0.717) is 13.0 Å². The van der Waals surface area contributed by atoms with E-state index in [1.54, 1.807) is 7.11 Å². The zero-order valence-electron chi connectivity index (χ0n) is 13.1. The summed E-state index contributed by atoms with van der Waals surface area (Å²) in [5, 5.41) is 9.27. The quantitative estimate of drug-likeness (QED) is 0.709. The molecular formula is C16H25NO4. The minimum absolute atomic E-state index is 0.00260. The van der Waals surface area contributed by atoms with E-state index in [1.165, 1.54) is 0 Å². The van der Waals surface area contributed by atoms with Crippen LogP contribution in [0.4, 0.5) is 5.69 Å². The Balaban J connectivity index is 2.72. The van der Waals surface area contributed by atoms with Crippen LogP contribution in [0, 0.1) is 0 Å². The van der Waals surface area contributed by atoms with E-state index in [4.69, 9.17) is 9.47 Å². The zero-order valence-corrected chi connectivity index (χ0v) is 13.1. The van der Waals surface area contributed by atoms with Crippen LogP contribution in [0.2, 0.25) is 0 Å². The van der Waals surface area contributed by atoms with Gasteiger partial charge in [0.2, 0.25) is 0 Å². The molecule has 0 amide bonds. The number of rotatable bonds is 9. The summed E-state index contributed by atoms with van der Waals surface area (Å²) >= 11 is 0. The largest absolute Gasteiger partial charge is 0.495 e. The number of ether oxygens (including phenoxy) is 2. The highest BCUT2D eigenvalue weighted by Crippen LogP contribution is 2.29. The van der Waals surface area contributed by atoms with Gasteiger partial charge in [-0.15, -0.1) is 0 Å². The van der Waals surface area contributed by atoms with E-state index in [9.17, 15) is 9.90 Å². The molecule has 21 heavy (non-hydrogen) atoms. The number of aliphatic hydroxyl groups excluding tert-OH is 1. The molecule has 118 valence electrons. The van der Waals surface area contributed by atoms with Crippen LogP contribution < -0.4 is 9.64 Å². The van der Waals surface area contributed by atoms with E-state index < -0.39 is 0 Å². The summed E-state index contributed by atoms with van der Waals surface area (Å²) in [5.74, 6) is 0.606. The van der Waals surface area contributed by atoms with Gasteiger partial charge in [-0.05, 0) is 38.0 Å². The molecule has 1 aromatic rings. The third-order valence-corrected chi connectivity index (χ3v) is 3.26. The lowest BCUT2D eigenvalue weighted by Crippen LogP contribution is -2.25. The van der Waals surface area contributed by atoms with Crippen molar-refractivity contribution >= 4 is 11.7 Å². The Morgan fingerprint density at radius 3 is 2.67 bits per heavy atom. The SMILES string of the molecule is CCOC(=O)CCCN(CC)c1cc(CO)ccc1OC. The first-order valence-electron chi connectivity index (χ1n) is 7.34. The highest BCUT2D eigenvalue weighted by Gasteiger charge is 2.12. The lowest BCUT2D eigenvalue weighted by atomic mass is 10.1. The van der Waals surface area contributed by atoms with Crippen LogP contribution in [0.3, 0.4) is 0 Å². The predicted octanol–water partition coefficient (Wildman–Crippen LogP) is 2.36. The summed E-state index contributed by atoms with van der Waals surface area (Å²) < 4.78 is 10.3. The Hall–Kier alpha value is -1.75. The fourth-order valence-electron chi connectivity index (χ4n) is 2.18. The average Bonchev–Trinajstić information content (AvgIpc) is 2.51. The van der Waals surface area contributed by atoms with Crippen molar-refractivity contribution in [3.63, 3.8) is 0 Å². The van der Waals surface area contributed by atoms with Crippen molar-refractivity contribution in [2.24, 2.45) is 0 Å². The summed E-state index contributed by atoms with van der Waals surface area (Å²) in [4.78, 5) is 13.5. The fraction of sp³-hybridized carbons (Fsp3) is 0.562. The van der Waals surface area contributed by atoms with E-state index in [2.05, 4.69) is 11.8 Å². The molecule has 5 heteroatoms. The van der Waals surface area contributed by atoms with Crippen LogP contribution in [0.5, 0.6) is 5.75 Å². The van der Waals surface area contributed by atoms with Crippen molar-refractivity contribution in [1.82, 2.24) is 0 Å². The Labute approximate surface area is 126 Å². The van der Waals surface area contributed by atoms with E-state index in [1.807, 2.05) is 25.1 Å². The minimum atomic E-state index is -0.162. The summed E-state index contributed by atoms with van der Waals surface area (Å²) in [6.45, 7) is 5.81. The van der Waals surface area contributed by atoms with Gasteiger partial charge in [-0.2, -0.15) is 0 Å². The maximum Gasteiger partial charge on any atom is 0.305 e. The number of anilines is 1. The molecule has 0 bridgehead atoms. The molecule has 0 aromatic heterocycles. The monoisotopic (exact) mass is 295 g/mol. The summed E-state index contributed by atoms with van der Waals surface area (Å²) in [6.07, 6.45) is 1.13. The second-order valence-corrected chi connectivity index (χ2v) is 4.65. The Morgan fingerprint density at radius 1 is 1.33 bits per heavy atom. The molecule has 0 unspecified atom stereocenters. The number of esters is 1. The van der Waals surface area contributed by atoms with Crippen LogP contribution in [-0.4, -0.2) is 37.9 Å². The molecular weight excluding hydrogens is 270 g/mol. The molecule has 0 saturated heterocycles. The normalized spacial score (nSPS) is 10.3. The third kappa shape index (κ3) is 5.27. The number of carbonyl (C=O) groups is 1. The Kier molecular flexibility index (Phi) is 7.61. The number of methoxy groups -OCH3 is 1. The summed E-state index contributed by atoms with van der Waals surface area (Å²) in [6, 6.07) is 5.62. The van der Waals surface area contributed by atoms with Crippen LogP contribution in [0.1, 0.15) is 32.3 Å². The number of hydrogen-bond acceptors (Lipinski definition) is 5. The van der Waals surface area contributed by atoms with Gasteiger partial charge in [-0.25, -0.2) is 0 Å². The fourth-order valence-corrected chi connectivity index (χ4v) is 2.18. The summed E-state index contributed by atoms with van der Waals surface area (Å²) in [5.41, 5.74) is 1.78. The maximum atomic E-state index is 11.4. The third-order valence-electron chi connectivity index (χ3n) is 3.26. The topological polar surface area (TPSA) is 59.0 Å². The molecule has 0 atom stereocenters. The molecule has 1 rings (SSSR count). The maximum absolute atomic E-state index is 11.4. The number of nitrogens with zero attached hydrogens (tertiary/aromatic N) is 1. The average molecular weight is 295 g/mol. The second-order valence-electron chi connectivity index (χ2n) is 4.65. The molecule has 0 spiro atoms. The number of aliphatic hydroxyl groups is 1. The Bertz CT molecular complexity index is 448. The molecule has 0 aliphatic heterocycles. The molecule has 0 fully saturated rings. The number of hydrogen-bond donors (Lipinski definition) is 1. The molecule has 1 aromatic carbocycles. The van der Waals surface area contributed by atoms with Gasteiger partial charge in [0.1, 0.15) is 5.75 Å². The predicted molar refractivity (Wildman–Crippen MR) is 82.7 cm³/mol. The minimum Gasteiger partial charge on any atom is -0.495 e. The van der Waals surface area contributed by atoms with Gasteiger partial charge in [0.25, 0.3) is 0 Å². The molecule has 0 heterocycles. The highest BCUT2D eigenvalue weighted by molar-refractivity contribution is 5.69. The molecule has 5 nitrogen and oxygen atoms in total. The van der Waals surface area contributed by atoms with Gasteiger partial charge in [0, 0.05) is 19.5 Å². The van der Waals surface area contributed by atoms with Crippen LogP contribution in [-0.2, 0) is 16.1 Å². The van der Waals surface area contributed by atoms with Crippen molar-refractivity contribution in [2.75, 3.05) is 31.7 Å². The first-order chi connectivity index (χ1) is 10.2. The van der Waals surface area contributed by atoms with E-state index >= 15 is 0 Å². The van der Waals surface area contributed by atoms with Gasteiger partial charge in [-0.1, -0.05) is 6.07 Å². The van der Waals surface area contributed by atoms with Gasteiger partial charge in [-0.3, -0.25) is 4.79 Å². The molecule has 0 saturated carbocycles. The number of carbonyl (C=O) groups excluding carboxylic acids is 1. The van der Waals surface area contributed by atoms with Gasteiger partial charge in [0.05, 0.1) is 26.0 Å². The lowest BCUT2D eigenvalue weighted by Gasteiger charge is -2.25. The van der Waals surface area contributed by atoms with Crippen molar-refractivity contribution in [1.29, 1.82) is 0 Å². The lowest BCUT2D eigenvalue weighted by molar-refractivity contribution is -0.143. The van der Waals surface area contributed by atoms with E-state index in [0.717, 1.165) is 36.5 Å². The van der Waals surface area contributed by atoms with Crippen molar-refractivity contribution < 1.29 is 19.4 Å². The molecule has 1 N–H and O–H groups in total. The smallest absolute Gasteiger partial charge is 0.305 e. The summed E-state index contributed by atoms with van der Waals surface area (Å²) in [7, 11) is 1.63. The van der Waals surface area contributed by atoms with Gasteiger partial charge < -0.3 is 19.5 Å². The molecule has 0 aliphatic rings. The molecule has 0 aliphatic carbocycles. The van der Waals surface area contributed by atoms with Gasteiger partial charge in [0.15, 0.2) is 0 Å². The highest BCUT2D eigenvalue weighted by atomic mass is 16.5. The van der Waals surface area contributed by atoms with E-state index in [-0.39, 0.29) is 12.6 Å².